The number of hydrogen-bond donors (Lipinski definition) is 9. The predicted molar refractivity (Wildman–Crippen MR) is 154 cm³/mol. The number of carboxylic acids is 1. The molecule has 0 aliphatic rings. The van der Waals surface area contributed by atoms with Crippen LogP contribution in [0.2, 0.25) is 0 Å². The zero-order valence-electron chi connectivity index (χ0n) is 25.0. The molecule has 0 saturated carbocycles. The molecular formula is C30H60O10. The highest BCUT2D eigenvalue weighted by molar-refractivity contribution is 5.76. The molecule has 0 aromatic rings. The molecule has 0 rings (SSSR count). The molecule has 0 aromatic heterocycles. The summed E-state index contributed by atoms with van der Waals surface area (Å²) in [6.07, 6.45) is 4.64. The number of carbonyl (C=O) groups is 1. The van der Waals surface area contributed by atoms with Crippen molar-refractivity contribution in [3.05, 3.63) is 0 Å². The first kappa shape index (κ1) is 39.1. The summed E-state index contributed by atoms with van der Waals surface area (Å²) in [7, 11) is 0. The zero-order valence-corrected chi connectivity index (χ0v) is 25.0. The smallest absolute Gasteiger partial charge is 0.310 e. The first-order chi connectivity index (χ1) is 18.9. The maximum absolute atomic E-state index is 13.0. The number of rotatable bonds is 27. The van der Waals surface area contributed by atoms with E-state index >= 15 is 0 Å². The topological polar surface area (TPSA) is 199 Å². The normalized spacial score (nSPS) is 18.2. The van der Waals surface area contributed by atoms with Gasteiger partial charge in [0.1, 0.15) is 0 Å². The van der Waals surface area contributed by atoms with Crippen LogP contribution in [-0.2, 0) is 4.79 Å². The average molecular weight is 581 g/mol. The van der Waals surface area contributed by atoms with Crippen LogP contribution in [0.3, 0.4) is 0 Å². The van der Waals surface area contributed by atoms with Crippen molar-refractivity contribution < 1.29 is 50.8 Å². The van der Waals surface area contributed by atoms with Crippen molar-refractivity contribution in [1.82, 2.24) is 0 Å². The van der Waals surface area contributed by atoms with E-state index in [9.17, 15) is 50.8 Å². The Balaban J connectivity index is 5.67. The fraction of sp³-hybridized carbons (Fsp3) is 0.967. The van der Waals surface area contributed by atoms with Gasteiger partial charge in [0.2, 0.25) is 0 Å². The van der Waals surface area contributed by atoms with Gasteiger partial charge in [-0.3, -0.25) is 4.79 Å². The molecule has 0 aromatic carbocycles. The van der Waals surface area contributed by atoms with E-state index in [0.717, 1.165) is 38.0 Å². The lowest BCUT2D eigenvalue weighted by molar-refractivity contribution is -0.178. The Labute approximate surface area is 241 Å². The van der Waals surface area contributed by atoms with Gasteiger partial charge in [-0.05, 0) is 43.4 Å². The van der Waals surface area contributed by atoms with Crippen LogP contribution < -0.4 is 0 Å². The predicted octanol–water partition coefficient (Wildman–Crippen LogP) is 2.35. The van der Waals surface area contributed by atoms with E-state index in [1.807, 2.05) is 0 Å². The van der Waals surface area contributed by atoms with Gasteiger partial charge in [-0.25, -0.2) is 0 Å². The lowest BCUT2D eigenvalue weighted by Gasteiger charge is -2.51. The second-order valence-electron chi connectivity index (χ2n) is 12.3. The van der Waals surface area contributed by atoms with E-state index in [1.165, 1.54) is 32.1 Å². The molecule has 0 heterocycles. The van der Waals surface area contributed by atoms with Gasteiger partial charge in [0.05, 0.1) is 56.3 Å². The summed E-state index contributed by atoms with van der Waals surface area (Å²) in [5, 5.41) is 90.7. The Bertz CT molecular complexity index is 606. The SMILES string of the molecule is CC(C)CCCCCCCCCCCCC(CC(O)CO)(CC(O)CO)C(CC(O)CO)(CC(O)CO)C(=O)O. The highest BCUT2D eigenvalue weighted by Crippen LogP contribution is 2.56. The molecule has 0 aliphatic heterocycles. The summed E-state index contributed by atoms with van der Waals surface area (Å²) in [5.74, 6) is -0.672. The lowest BCUT2D eigenvalue weighted by Crippen LogP contribution is -2.55. The third-order valence-corrected chi connectivity index (χ3v) is 8.38. The van der Waals surface area contributed by atoms with Gasteiger partial charge < -0.3 is 46.0 Å². The van der Waals surface area contributed by atoms with Crippen LogP contribution in [-0.4, -0.2) is 103 Å². The van der Waals surface area contributed by atoms with E-state index in [2.05, 4.69) is 13.8 Å². The molecule has 4 atom stereocenters. The molecule has 10 nitrogen and oxygen atoms in total. The highest BCUT2D eigenvalue weighted by Gasteiger charge is 2.58. The first-order valence-corrected chi connectivity index (χ1v) is 15.3. The van der Waals surface area contributed by atoms with Crippen LogP contribution in [0, 0.1) is 16.7 Å². The number of aliphatic hydroxyl groups excluding tert-OH is 8. The number of aliphatic carboxylic acids is 1. The van der Waals surface area contributed by atoms with Gasteiger partial charge in [-0.2, -0.15) is 0 Å². The summed E-state index contributed by atoms with van der Waals surface area (Å²) >= 11 is 0. The van der Waals surface area contributed by atoms with Gasteiger partial charge in [-0.1, -0.05) is 84.5 Å². The lowest BCUT2D eigenvalue weighted by atomic mass is 9.52. The minimum Gasteiger partial charge on any atom is -0.481 e. The number of carboxylic acid groups (broad SMARTS) is 1. The molecule has 0 radical (unpaired) electrons. The third-order valence-electron chi connectivity index (χ3n) is 8.38. The molecule has 240 valence electrons. The van der Waals surface area contributed by atoms with E-state index < -0.39 is 80.5 Å². The molecule has 9 N–H and O–H groups in total. The fourth-order valence-electron chi connectivity index (χ4n) is 6.23. The van der Waals surface area contributed by atoms with Crippen LogP contribution in [0.1, 0.15) is 117 Å². The molecule has 0 spiro atoms. The summed E-state index contributed by atoms with van der Waals surface area (Å²) in [5.41, 5.74) is -3.47. The quantitative estimate of drug-likeness (QED) is 0.0650. The molecule has 4 unspecified atom stereocenters. The van der Waals surface area contributed by atoms with E-state index in [1.54, 1.807) is 0 Å². The summed E-state index contributed by atoms with van der Waals surface area (Å²) < 4.78 is 0. The van der Waals surface area contributed by atoms with Crippen LogP contribution in [0.5, 0.6) is 0 Å². The molecule has 40 heavy (non-hydrogen) atoms. The molecule has 0 fully saturated rings. The standard InChI is InChI=1S/C30H60O10/c1-23(2)13-11-9-7-5-3-4-6-8-10-12-14-29(15-24(35)19-31,16-25(36)20-32)30(28(39)40,17-26(37)21-33)18-27(38)22-34/h23-27,31-38H,3-22H2,1-2H3,(H,39,40). The van der Waals surface area contributed by atoms with Gasteiger partial charge in [0, 0.05) is 0 Å². The zero-order chi connectivity index (χ0) is 30.6. The van der Waals surface area contributed by atoms with Crippen LogP contribution in [0.25, 0.3) is 0 Å². The Morgan fingerprint density at radius 3 is 1.20 bits per heavy atom. The molecule has 0 bridgehead atoms. The second-order valence-corrected chi connectivity index (χ2v) is 12.3. The Kier molecular flexibility index (Phi) is 21.3. The maximum atomic E-state index is 13.0. The van der Waals surface area contributed by atoms with Crippen molar-refractivity contribution in [3.63, 3.8) is 0 Å². The minimum atomic E-state index is -1.99. The van der Waals surface area contributed by atoms with Crippen molar-refractivity contribution in [1.29, 1.82) is 0 Å². The molecule has 10 heteroatoms. The van der Waals surface area contributed by atoms with Crippen LogP contribution >= 0.6 is 0 Å². The number of unbranched alkanes of at least 4 members (excludes halogenated alkanes) is 9. The first-order valence-electron chi connectivity index (χ1n) is 15.3. The Morgan fingerprint density at radius 2 is 0.875 bits per heavy atom. The van der Waals surface area contributed by atoms with Gasteiger partial charge in [0.25, 0.3) is 0 Å². The van der Waals surface area contributed by atoms with Crippen LogP contribution in [0.4, 0.5) is 0 Å². The number of hydrogen-bond acceptors (Lipinski definition) is 9. The van der Waals surface area contributed by atoms with E-state index in [-0.39, 0.29) is 19.3 Å². The van der Waals surface area contributed by atoms with Crippen molar-refractivity contribution in [2.75, 3.05) is 26.4 Å². The minimum absolute atomic E-state index is 0.166. The largest absolute Gasteiger partial charge is 0.481 e. The van der Waals surface area contributed by atoms with Crippen molar-refractivity contribution >= 4 is 5.97 Å². The summed E-state index contributed by atoms with van der Waals surface area (Å²) in [4.78, 5) is 13.0. The molecular weight excluding hydrogens is 520 g/mol. The highest BCUT2D eigenvalue weighted by atomic mass is 16.4. The van der Waals surface area contributed by atoms with Gasteiger partial charge >= 0.3 is 5.97 Å². The van der Waals surface area contributed by atoms with E-state index in [0.29, 0.717) is 6.42 Å². The Hall–Kier alpha value is -0.850. The van der Waals surface area contributed by atoms with Crippen molar-refractivity contribution in [2.24, 2.45) is 16.7 Å². The summed E-state index contributed by atoms with van der Waals surface area (Å²) in [6.45, 7) is 1.65. The second kappa shape index (κ2) is 21.8. The van der Waals surface area contributed by atoms with Gasteiger partial charge in [0.15, 0.2) is 0 Å². The van der Waals surface area contributed by atoms with Crippen molar-refractivity contribution in [3.8, 4) is 0 Å². The van der Waals surface area contributed by atoms with Crippen molar-refractivity contribution in [2.45, 2.75) is 141 Å². The van der Waals surface area contributed by atoms with Crippen LogP contribution in [0.15, 0.2) is 0 Å². The van der Waals surface area contributed by atoms with E-state index in [4.69, 9.17) is 0 Å². The fourth-order valence-corrected chi connectivity index (χ4v) is 6.23. The average Bonchev–Trinajstić information content (AvgIpc) is 2.92. The Morgan fingerprint density at radius 1 is 0.550 bits per heavy atom. The monoisotopic (exact) mass is 580 g/mol. The molecule has 0 aliphatic carbocycles. The van der Waals surface area contributed by atoms with Gasteiger partial charge in [-0.15, -0.1) is 0 Å². The summed E-state index contributed by atoms with van der Waals surface area (Å²) in [6, 6.07) is 0. The molecule has 0 amide bonds. The third kappa shape index (κ3) is 14.4. The molecule has 0 saturated heterocycles. The maximum Gasteiger partial charge on any atom is 0.310 e. The number of aliphatic hydroxyl groups is 8.